The largest absolute Gasteiger partial charge is 0.421 e. The highest BCUT2D eigenvalue weighted by Gasteiger charge is 2.15. The third kappa shape index (κ3) is 3.97. The summed E-state index contributed by atoms with van der Waals surface area (Å²) < 4.78 is 5.72. The van der Waals surface area contributed by atoms with Gasteiger partial charge in [0.15, 0.2) is 0 Å². The number of hydrogen-bond donors (Lipinski definition) is 0. The molecule has 0 bridgehead atoms. The molecule has 0 aliphatic rings. The molecule has 0 amide bonds. The molecule has 0 aliphatic carbocycles. The second kappa shape index (κ2) is 7.67. The first kappa shape index (κ1) is 14.5. The van der Waals surface area contributed by atoms with Gasteiger partial charge in [-0.05, 0) is 29.9 Å². The van der Waals surface area contributed by atoms with Crippen LogP contribution in [0, 0.1) is 0 Å². The van der Waals surface area contributed by atoms with Crippen LogP contribution in [-0.2, 0) is 4.43 Å². The van der Waals surface area contributed by atoms with Crippen molar-refractivity contribution in [2.45, 2.75) is 58.5 Å². The highest BCUT2D eigenvalue weighted by Crippen LogP contribution is 2.31. The van der Waals surface area contributed by atoms with Crippen LogP contribution in [0.15, 0.2) is 24.3 Å². The maximum atomic E-state index is 5.72. The van der Waals surface area contributed by atoms with Crippen LogP contribution >= 0.6 is 0 Å². The Morgan fingerprint density at radius 1 is 1.18 bits per heavy atom. The summed E-state index contributed by atoms with van der Waals surface area (Å²) in [6, 6.07) is 8.80. The third-order valence-corrected chi connectivity index (χ3v) is 4.09. The van der Waals surface area contributed by atoms with Crippen molar-refractivity contribution in [1.82, 2.24) is 0 Å². The Bertz CT molecular complexity index is 320. The van der Waals surface area contributed by atoms with Gasteiger partial charge in [0.2, 0.25) is 0 Å². The van der Waals surface area contributed by atoms with E-state index in [4.69, 9.17) is 4.43 Å². The molecular weight excluding hydrogens is 224 g/mol. The summed E-state index contributed by atoms with van der Waals surface area (Å²) in [6.45, 7) is 6.80. The lowest BCUT2D eigenvalue weighted by atomic mass is 9.89. The Balaban J connectivity index is 2.90. The lowest BCUT2D eigenvalue weighted by Gasteiger charge is -2.22. The van der Waals surface area contributed by atoms with Gasteiger partial charge in [-0.2, -0.15) is 0 Å². The van der Waals surface area contributed by atoms with E-state index >= 15 is 0 Å². The van der Waals surface area contributed by atoms with Crippen LogP contribution in [0.25, 0.3) is 0 Å². The van der Waals surface area contributed by atoms with Gasteiger partial charge < -0.3 is 4.43 Å². The van der Waals surface area contributed by atoms with Gasteiger partial charge >= 0.3 is 0 Å². The molecule has 0 saturated heterocycles. The van der Waals surface area contributed by atoms with Crippen LogP contribution in [0.5, 0.6) is 0 Å². The van der Waals surface area contributed by atoms with Gasteiger partial charge in [-0.1, -0.05) is 57.9 Å². The molecule has 1 nitrogen and oxygen atoms in total. The van der Waals surface area contributed by atoms with E-state index in [1.54, 1.807) is 0 Å². The van der Waals surface area contributed by atoms with E-state index in [2.05, 4.69) is 45.0 Å². The lowest BCUT2D eigenvalue weighted by molar-refractivity contribution is 0.220. The number of benzene rings is 1. The van der Waals surface area contributed by atoms with E-state index in [1.165, 1.54) is 30.4 Å². The Morgan fingerprint density at radius 3 is 2.35 bits per heavy atom. The minimum Gasteiger partial charge on any atom is -0.421 e. The van der Waals surface area contributed by atoms with Gasteiger partial charge in [-0.15, -0.1) is 0 Å². The zero-order valence-corrected chi connectivity index (χ0v) is 13.7. The summed E-state index contributed by atoms with van der Waals surface area (Å²) in [4.78, 5) is 0. The van der Waals surface area contributed by atoms with Crippen molar-refractivity contribution in [3.05, 3.63) is 35.4 Å². The topological polar surface area (TPSA) is 9.23 Å². The molecule has 2 atom stereocenters. The van der Waals surface area contributed by atoms with Gasteiger partial charge in [0.05, 0.1) is 6.10 Å². The van der Waals surface area contributed by atoms with Gasteiger partial charge in [0.1, 0.15) is 10.5 Å². The fourth-order valence-corrected chi connectivity index (χ4v) is 3.02. The van der Waals surface area contributed by atoms with E-state index in [0.29, 0.717) is 12.0 Å². The van der Waals surface area contributed by atoms with Gasteiger partial charge in [-0.25, -0.2) is 0 Å². The smallest absolute Gasteiger partial charge is 0.146 e. The third-order valence-electron chi connectivity index (χ3n) is 3.52. The first-order valence-electron chi connectivity index (χ1n) is 6.86. The molecule has 0 aliphatic heterocycles. The van der Waals surface area contributed by atoms with E-state index < -0.39 is 0 Å². The Kier molecular flexibility index (Phi) is 6.52. The highest BCUT2D eigenvalue weighted by atomic mass is 28.2. The molecule has 96 valence electrons. The minimum absolute atomic E-state index is 0.307. The average molecular weight is 250 g/mol. The predicted molar refractivity (Wildman–Crippen MR) is 78.4 cm³/mol. The van der Waals surface area contributed by atoms with Gasteiger partial charge in [0.25, 0.3) is 0 Å². The summed E-state index contributed by atoms with van der Waals surface area (Å²) in [5.74, 6) is 0.650. The van der Waals surface area contributed by atoms with Crippen LogP contribution in [0.1, 0.15) is 69.6 Å². The van der Waals surface area contributed by atoms with Crippen molar-refractivity contribution in [3.8, 4) is 0 Å². The van der Waals surface area contributed by atoms with Crippen LogP contribution in [0.2, 0.25) is 0 Å². The molecule has 1 aromatic rings. The monoisotopic (exact) mass is 250 g/mol. The van der Waals surface area contributed by atoms with E-state index in [-0.39, 0.29) is 0 Å². The predicted octanol–water partition coefficient (Wildman–Crippen LogP) is 3.73. The fraction of sp³-hybridized carbons (Fsp3) is 0.600. The van der Waals surface area contributed by atoms with Crippen LogP contribution in [-0.4, -0.2) is 10.5 Å². The molecule has 0 saturated carbocycles. The second-order valence-electron chi connectivity index (χ2n) is 4.80. The maximum absolute atomic E-state index is 5.72. The van der Waals surface area contributed by atoms with E-state index in [1.807, 2.05) is 0 Å². The Hall–Kier alpha value is -0.603. The molecule has 1 rings (SSSR count). The molecule has 2 heteroatoms. The van der Waals surface area contributed by atoms with Crippen molar-refractivity contribution in [3.63, 3.8) is 0 Å². The van der Waals surface area contributed by atoms with Gasteiger partial charge in [-0.3, -0.25) is 0 Å². The average Bonchev–Trinajstić information content (AvgIpc) is 2.38. The number of unbranched alkanes of at least 4 members (excludes halogenated alkanes) is 1. The summed E-state index contributed by atoms with van der Waals surface area (Å²) in [5.41, 5.74) is 2.90. The molecule has 2 unspecified atom stereocenters. The van der Waals surface area contributed by atoms with Crippen LogP contribution in [0.4, 0.5) is 0 Å². The number of hydrogen-bond acceptors (Lipinski definition) is 1. The molecule has 0 aromatic heterocycles. The molecule has 0 N–H and O–H groups in total. The van der Waals surface area contributed by atoms with Crippen molar-refractivity contribution < 1.29 is 4.43 Å². The zero-order valence-electron chi connectivity index (χ0n) is 11.7. The molecule has 0 heterocycles. The first-order chi connectivity index (χ1) is 8.24. The molecular formula is C15H26OSi. The molecule has 1 aromatic carbocycles. The van der Waals surface area contributed by atoms with Crippen LogP contribution in [0.3, 0.4) is 0 Å². The maximum Gasteiger partial charge on any atom is 0.146 e. The highest BCUT2D eigenvalue weighted by molar-refractivity contribution is 5.98. The normalized spacial score (nSPS) is 14.8. The minimum atomic E-state index is 0.307. The lowest BCUT2D eigenvalue weighted by Crippen LogP contribution is -2.07. The van der Waals surface area contributed by atoms with Gasteiger partial charge in [0, 0.05) is 0 Å². The van der Waals surface area contributed by atoms with Crippen LogP contribution < -0.4 is 0 Å². The number of rotatable bonds is 7. The second-order valence-corrected chi connectivity index (χ2v) is 5.28. The summed E-state index contributed by atoms with van der Waals surface area (Å²) >= 11 is 0. The molecule has 0 spiro atoms. The fourth-order valence-electron chi connectivity index (χ4n) is 2.43. The molecule has 0 fully saturated rings. The SMILES string of the molecule is CCCCC(C)c1ccccc1C(CC)O[SiH3]. The summed E-state index contributed by atoms with van der Waals surface area (Å²) in [6.07, 6.45) is 5.25. The first-order valence-corrected chi connectivity index (χ1v) is 7.67. The van der Waals surface area contributed by atoms with Crippen molar-refractivity contribution >= 4 is 10.5 Å². The zero-order chi connectivity index (χ0) is 12.7. The summed E-state index contributed by atoms with van der Waals surface area (Å²) in [5, 5.41) is 0. The van der Waals surface area contributed by atoms with Crippen molar-refractivity contribution in [2.75, 3.05) is 0 Å². The van der Waals surface area contributed by atoms with E-state index in [0.717, 1.165) is 16.9 Å². The standard InChI is InChI=1S/C15H26OSi/c1-4-6-9-12(3)13-10-7-8-11-14(13)15(5-2)16-17/h7-8,10-12,15H,4-6,9H2,1-3,17H3. The molecule has 17 heavy (non-hydrogen) atoms. The van der Waals surface area contributed by atoms with Crippen molar-refractivity contribution in [2.24, 2.45) is 0 Å². The quantitative estimate of drug-likeness (QED) is 0.670. The van der Waals surface area contributed by atoms with E-state index in [9.17, 15) is 0 Å². The Morgan fingerprint density at radius 2 is 1.82 bits per heavy atom. The Labute approximate surface area is 109 Å². The van der Waals surface area contributed by atoms with Crippen molar-refractivity contribution in [1.29, 1.82) is 0 Å². The summed E-state index contributed by atoms with van der Waals surface area (Å²) in [7, 11) is 0.814. The molecule has 0 radical (unpaired) electrons.